The summed E-state index contributed by atoms with van der Waals surface area (Å²) in [6.45, 7) is 3.16. The van der Waals surface area contributed by atoms with Gasteiger partial charge in [-0.15, -0.1) is 6.58 Å². The summed E-state index contributed by atoms with van der Waals surface area (Å²) in [6.07, 6.45) is 0.958. The Hall–Kier alpha value is 0.330. The Morgan fingerprint density at radius 1 is 1.71 bits per heavy atom. The first-order chi connectivity index (χ1) is 3.06. The molecule has 0 aromatic rings. The second kappa shape index (κ2) is 2.59. The van der Waals surface area contributed by atoms with Crippen LogP contribution in [0.1, 0.15) is 6.42 Å². The average Bonchev–Trinajstić information content (AvgIpc) is 1.30. The fraction of sp³-hybridized carbons (Fsp3) is 0.500. The molecule has 0 aromatic carbocycles. The van der Waals surface area contributed by atoms with Gasteiger partial charge in [0.15, 0.2) is 0 Å². The maximum Gasteiger partial charge on any atom is 0.299 e. The van der Waals surface area contributed by atoms with E-state index in [1.54, 1.807) is 0 Å². The molecule has 0 saturated carbocycles. The van der Waals surface area contributed by atoms with Crippen LogP contribution in [-0.4, -0.2) is 3.93 Å². The summed E-state index contributed by atoms with van der Waals surface area (Å²) in [5.74, 6) is 0. The molecule has 0 amide bonds. The topological polar surface area (TPSA) is 0 Å². The molecular weight excluding hydrogens is 213 g/mol. The van der Waals surface area contributed by atoms with E-state index in [0.29, 0.717) is 0 Å². The van der Waals surface area contributed by atoms with E-state index in [4.69, 9.17) is 0 Å². The summed E-state index contributed by atoms with van der Waals surface area (Å²) in [7, 11) is 0. The van der Waals surface area contributed by atoms with Crippen molar-refractivity contribution in [3.63, 3.8) is 0 Å². The van der Waals surface area contributed by atoms with Crippen molar-refractivity contribution in [2.24, 2.45) is 0 Å². The Balaban J connectivity index is 3.34. The molecule has 7 heavy (non-hydrogen) atoms. The lowest BCUT2D eigenvalue weighted by Crippen LogP contribution is -2.00. The minimum atomic E-state index is -2.60. The van der Waals surface area contributed by atoms with Crippen LogP contribution in [0.4, 0.5) is 8.78 Å². The molecule has 0 fully saturated rings. The van der Waals surface area contributed by atoms with Gasteiger partial charge in [0.05, 0.1) is 0 Å². The fourth-order valence-electron chi connectivity index (χ4n) is 0.164. The lowest BCUT2D eigenvalue weighted by molar-refractivity contribution is 0.131. The van der Waals surface area contributed by atoms with Crippen LogP contribution in [0.25, 0.3) is 0 Å². The molecule has 0 unspecified atom stereocenters. The maximum absolute atomic E-state index is 11.6. The first-order valence-corrected chi connectivity index (χ1v) is 2.82. The van der Waals surface area contributed by atoms with Gasteiger partial charge in [0.25, 0.3) is 3.93 Å². The SMILES string of the molecule is C=CCC(F)(F)I. The van der Waals surface area contributed by atoms with Crippen molar-refractivity contribution < 1.29 is 8.78 Å². The first-order valence-electron chi connectivity index (χ1n) is 1.74. The Labute approximate surface area is 54.7 Å². The number of hydrogen-bond donors (Lipinski definition) is 0. The molecule has 0 rings (SSSR count). The van der Waals surface area contributed by atoms with E-state index in [1.807, 2.05) is 0 Å². The van der Waals surface area contributed by atoms with E-state index in [1.165, 1.54) is 6.08 Å². The van der Waals surface area contributed by atoms with Gasteiger partial charge in [0, 0.05) is 6.42 Å². The van der Waals surface area contributed by atoms with Crippen molar-refractivity contribution in [3.05, 3.63) is 12.7 Å². The van der Waals surface area contributed by atoms with Gasteiger partial charge in [-0.3, -0.25) is 0 Å². The van der Waals surface area contributed by atoms with Gasteiger partial charge in [-0.2, -0.15) is 8.78 Å². The first kappa shape index (κ1) is 7.33. The van der Waals surface area contributed by atoms with E-state index >= 15 is 0 Å². The van der Waals surface area contributed by atoms with E-state index < -0.39 is 3.93 Å². The molecule has 0 N–H and O–H groups in total. The lowest BCUT2D eigenvalue weighted by atomic mass is 10.4. The zero-order valence-electron chi connectivity index (χ0n) is 3.63. The summed E-state index contributed by atoms with van der Waals surface area (Å²) < 4.78 is 20.7. The quantitative estimate of drug-likeness (QED) is 0.379. The van der Waals surface area contributed by atoms with E-state index in [-0.39, 0.29) is 6.42 Å². The van der Waals surface area contributed by atoms with Crippen molar-refractivity contribution >= 4 is 22.6 Å². The number of rotatable bonds is 2. The van der Waals surface area contributed by atoms with Crippen molar-refractivity contribution in [3.8, 4) is 0 Å². The maximum atomic E-state index is 11.6. The third-order valence-electron chi connectivity index (χ3n) is 0.376. The molecule has 0 heterocycles. The van der Waals surface area contributed by atoms with E-state index in [0.717, 1.165) is 22.6 Å². The highest BCUT2D eigenvalue weighted by molar-refractivity contribution is 14.1. The third-order valence-corrected chi connectivity index (χ3v) is 0.816. The van der Waals surface area contributed by atoms with Crippen LogP contribution < -0.4 is 0 Å². The lowest BCUT2D eigenvalue weighted by Gasteiger charge is -2.00. The molecule has 0 spiro atoms. The van der Waals surface area contributed by atoms with Crippen LogP contribution >= 0.6 is 22.6 Å². The van der Waals surface area contributed by atoms with E-state index in [2.05, 4.69) is 6.58 Å². The van der Waals surface area contributed by atoms with Crippen LogP contribution in [0.3, 0.4) is 0 Å². The van der Waals surface area contributed by atoms with Crippen molar-refractivity contribution in [2.45, 2.75) is 10.4 Å². The van der Waals surface area contributed by atoms with Crippen molar-refractivity contribution in [1.29, 1.82) is 0 Å². The predicted molar refractivity (Wildman–Crippen MR) is 33.8 cm³/mol. The average molecular weight is 218 g/mol. The number of allylic oxidation sites excluding steroid dienone is 1. The van der Waals surface area contributed by atoms with Crippen LogP contribution in [0.5, 0.6) is 0 Å². The molecule has 0 aliphatic heterocycles. The predicted octanol–water partition coefficient (Wildman–Crippen LogP) is 2.59. The normalized spacial score (nSPS) is 11.3. The second-order valence-corrected chi connectivity index (χ2v) is 2.69. The third kappa shape index (κ3) is 6.33. The fourth-order valence-corrected chi connectivity index (χ4v) is 0.475. The highest BCUT2D eigenvalue weighted by atomic mass is 127. The summed E-state index contributed by atoms with van der Waals surface area (Å²) in [5.41, 5.74) is 0. The summed E-state index contributed by atoms with van der Waals surface area (Å²) in [4.78, 5) is 0. The Morgan fingerprint density at radius 2 is 2.14 bits per heavy atom. The van der Waals surface area contributed by atoms with E-state index in [9.17, 15) is 8.78 Å². The number of alkyl halides is 3. The van der Waals surface area contributed by atoms with Gasteiger partial charge in [-0.05, 0) is 22.6 Å². The smallest absolute Gasteiger partial charge is 0.195 e. The minimum absolute atomic E-state index is 0.243. The van der Waals surface area contributed by atoms with Gasteiger partial charge >= 0.3 is 0 Å². The van der Waals surface area contributed by atoms with Gasteiger partial charge in [0.1, 0.15) is 0 Å². The second-order valence-electron chi connectivity index (χ2n) is 1.11. The molecular formula is C4H5F2I. The molecule has 0 saturated heterocycles. The molecule has 0 aromatic heterocycles. The molecule has 3 heteroatoms. The van der Waals surface area contributed by atoms with Gasteiger partial charge in [-0.25, -0.2) is 0 Å². The highest BCUT2D eigenvalue weighted by Gasteiger charge is 2.19. The Bertz CT molecular complexity index is 64.6. The molecule has 42 valence electrons. The molecule has 0 atom stereocenters. The standard InChI is InChI=1S/C4H5F2I/c1-2-3-4(5,6)7/h2H,1,3H2. The summed E-state index contributed by atoms with van der Waals surface area (Å²) in [6, 6.07) is 0. The Morgan fingerprint density at radius 3 is 2.14 bits per heavy atom. The molecule has 0 aliphatic carbocycles. The minimum Gasteiger partial charge on any atom is -0.195 e. The number of halogens is 3. The molecule has 0 nitrogen and oxygen atoms in total. The van der Waals surface area contributed by atoms with Crippen LogP contribution in [0, 0.1) is 0 Å². The van der Waals surface area contributed by atoms with Crippen molar-refractivity contribution in [1.82, 2.24) is 0 Å². The summed E-state index contributed by atoms with van der Waals surface area (Å²) >= 11 is 1.07. The van der Waals surface area contributed by atoms with Crippen molar-refractivity contribution in [2.75, 3.05) is 0 Å². The molecule has 0 bridgehead atoms. The van der Waals surface area contributed by atoms with Crippen LogP contribution in [0.2, 0.25) is 0 Å². The van der Waals surface area contributed by atoms with Crippen LogP contribution in [0.15, 0.2) is 12.7 Å². The summed E-state index contributed by atoms with van der Waals surface area (Å²) in [5, 5.41) is 0. The largest absolute Gasteiger partial charge is 0.299 e. The monoisotopic (exact) mass is 218 g/mol. The van der Waals surface area contributed by atoms with Gasteiger partial charge < -0.3 is 0 Å². The van der Waals surface area contributed by atoms with Gasteiger partial charge in [-0.1, -0.05) is 6.08 Å². The van der Waals surface area contributed by atoms with Gasteiger partial charge in [0.2, 0.25) is 0 Å². The zero-order valence-corrected chi connectivity index (χ0v) is 5.78. The molecule has 0 radical (unpaired) electrons. The van der Waals surface area contributed by atoms with Crippen LogP contribution in [-0.2, 0) is 0 Å². The molecule has 0 aliphatic rings. The Kier molecular flexibility index (Phi) is 2.71. The zero-order chi connectivity index (χ0) is 5.91. The highest BCUT2D eigenvalue weighted by Crippen LogP contribution is 2.26. The number of hydrogen-bond acceptors (Lipinski definition) is 0.